The summed E-state index contributed by atoms with van der Waals surface area (Å²) in [4.78, 5) is 7.63. The molecule has 0 atom stereocenters. The van der Waals surface area contributed by atoms with E-state index in [2.05, 4.69) is 31.6 Å². The number of halogens is 1. The van der Waals surface area contributed by atoms with Crippen LogP contribution in [-0.2, 0) is 13.1 Å². The number of benzene rings is 2. The number of hydrogen-bond donors (Lipinski definition) is 1. The van der Waals surface area contributed by atoms with Gasteiger partial charge in [0.15, 0.2) is 5.84 Å². The van der Waals surface area contributed by atoms with Crippen molar-refractivity contribution in [2.45, 2.75) is 50.7 Å². The maximum absolute atomic E-state index is 8.53. The molecule has 1 spiro atoms. The Balaban J connectivity index is 1.59. The normalized spacial score (nSPS) is 17.3. The van der Waals surface area contributed by atoms with Crippen molar-refractivity contribution in [2.75, 3.05) is 5.32 Å². The SMILES string of the molecule is [N-]=[N+]=NCc1cccc(CN=NC2=Nc3ccccc3NC23CCCCC3)c1Cl. The maximum Gasteiger partial charge on any atom is 0.176 e. The highest BCUT2D eigenvalue weighted by Crippen LogP contribution is 2.41. The Morgan fingerprint density at radius 2 is 1.79 bits per heavy atom. The molecule has 1 saturated carbocycles. The number of aliphatic imine (C=N–C) groups is 1. The van der Waals surface area contributed by atoms with Crippen LogP contribution in [0.1, 0.15) is 43.2 Å². The Bertz CT molecular complexity index is 1000. The Morgan fingerprint density at radius 3 is 2.59 bits per heavy atom. The fourth-order valence-corrected chi connectivity index (χ4v) is 4.24. The van der Waals surface area contributed by atoms with Crippen LogP contribution < -0.4 is 5.32 Å². The number of nitrogens with one attached hydrogen (secondary N) is 1. The summed E-state index contributed by atoms with van der Waals surface area (Å²) in [5, 5.41) is 16.9. The van der Waals surface area contributed by atoms with Gasteiger partial charge in [0, 0.05) is 9.93 Å². The summed E-state index contributed by atoms with van der Waals surface area (Å²) in [6, 6.07) is 13.7. The van der Waals surface area contributed by atoms with Gasteiger partial charge in [0.2, 0.25) is 0 Å². The zero-order valence-corrected chi connectivity index (χ0v) is 16.8. The maximum atomic E-state index is 8.53. The van der Waals surface area contributed by atoms with E-state index in [1.807, 2.05) is 36.4 Å². The zero-order chi connectivity index (χ0) is 20.1. The highest BCUT2D eigenvalue weighted by molar-refractivity contribution is 6.32. The third kappa shape index (κ3) is 4.11. The first-order valence-electron chi connectivity index (χ1n) is 9.83. The minimum absolute atomic E-state index is 0.219. The molecule has 0 unspecified atom stereocenters. The summed E-state index contributed by atoms with van der Waals surface area (Å²) >= 11 is 6.45. The van der Waals surface area contributed by atoms with E-state index in [0.29, 0.717) is 11.6 Å². The molecule has 0 aromatic heterocycles. The van der Waals surface area contributed by atoms with Crippen molar-refractivity contribution < 1.29 is 0 Å². The van der Waals surface area contributed by atoms with Crippen LogP contribution in [0.2, 0.25) is 5.02 Å². The highest BCUT2D eigenvalue weighted by atomic mass is 35.5. The van der Waals surface area contributed by atoms with E-state index < -0.39 is 0 Å². The average Bonchev–Trinajstić information content (AvgIpc) is 2.75. The molecule has 0 saturated heterocycles. The molecule has 7 nitrogen and oxygen atoms in total. The molecular formula is C21H22ClN7. The van der Waals surface area contributed by atoms with Crippen molar-refractivity contribution in [2.24, 2.45) is 20.3 Å². The van der Waals surface area contributed by atoms with Gasteiger partial charge in [-0.25, -0.2) is 4.99 Å². The molecule has 4 rings (SSSR count). The molecule has 1 N–H and O–H groups in total. The number of azide groups is 1. The van der Waals surface area contributed by atoms with E-state index in [-0.39, 0.29) is 12.1 Å². The molecule has 0 bridgehead atoms. The third-order valence-corrected chi connectivity index (χ3v) is 5.99. The molecule has 29 heavy (non-hydrogen) atoms. The smallest absolute Gasteiger partial charge is 0.176 e. The fourth-order valence-electron chi connectivity index (χ4n) is 4.00. The largest absolute Gasteiger partial charge is 0.371 e. The molecule has 2 aliphatic rings. The van der Waals surface area contributed by atoms with Crippen molar-refractivity contribution >= 4 is 28.8 Å². The molecular weight excluding hydrogens is 386 g/mol. The minimum atomic E-state index is -0.247. The Hall–Kier alpha value is -2.89. The monoisotopic (exact) mass is 407 g/mol. The lowest BCUT2D eigenvalue weighted by molar-refractivity contribution is 0.401. The standard InChI is InChI=1S/C21H22ClN7/c22-19-15(7-6-8-16(19)14-25-29-23)13-24-28-20-21(11-4-1-5-12-21)27-18-10-3-2-9-17(18)26-20/h2-3,6-10,27H,1,4-5,11-14H2. The van der Waals surface area contributed by atoms with Gasteiger partial charge in [-0.05, 0) is 41.6 Å². The second-order valence-corrected chi connectivity index (χ2v) is 7.78. The van der Waals surface area contributed by atoms with Gasteiger partial charge in [0.05, 0.1) is 30.0 Å². The summed E-state index contributed by atoms with van der Waals surface area (Å²) in [6.07, 6.45) is 5.54. The molecule has 2 aromatic rings. The fraction of sp³-hybridized carbons (Fsp3) is 0.381. The topological polar surface area (TPSA) is 97.9 Å². The third-order valence-electron chi connectivity index (χ3n) is 5.51. The lowest BCUT2D eigenvalue weighted by Crippen LogP contribution is -2.48. The number of para-hydroxylation sites is 2. The van der Waals surface area contributed by atoms with Crippen molar-refractivity contribution in [1.82, 2.24) is 0 Å². The molecule has 1 aliphatic heterocycles. The number of azo groups is 1. The van der Waals surface area contributed by atoms with Crippen molar-refractivity contribution in [1.29, 1.82) is 0 Å². The summed E-state index contributed by atoms with van der Waals surface area (Å²) in [6.45, 7) is 0.566. The van der Waals surface area contributed by atoms with Gasteiger partial charge in [-0.1, -0.05) is 66.3 Å². The van der Waals surface area contributed by atoms with E-state index >= 15 is 0 Å². The molecule has 148 valence electrons. The van der Waals surface area contributed by atoms with Gasteiger partial charge in [0.1, 0.15) is 0 Å². The van der Waals surface area contributed by atoms with E-state index in [1.54, 1.807) is 0 Å². The first kappa shape index (κ1) is 19.4. The van der Waals surface area contributed by atoms with Crippen molar-refractivity contribution in [3.63, 3.8) is 0 Å². The molecule has 2 aromatic carbocycles. The minimum Gasteiger partial charge on any atom is -0.371 e. The van der Waals surface area contributed by atoms with E-state index in [1.165, 1.54) is 6.42 Å². The van der Waals surface area contributed by atoms with Crippen LogP contribution in [0.4, 0.5) is 11.4 Å². The second-order valence-electron chi connectivity index (χ2n) is 7.40. The first-order chi connectivity index (χ1) is 14.2. The lowest BCUT2D eigenvalue weighted by Gasteiger charge is -2.40. The summed E-state index contributed by atoms with van der Waals surface area (Å²) in [5.74, 6) is 0.747. The van der Waals surface area contributed by atoms with Crippen molar-refractivity contribution in [3.05, 3.63) is 69.1 Å². The molecule has 1 aliphatic carbocycles. The van der Waals surface area contributed by atoms with Crippen LogP contribution in [0.15, 0.2) is 62.8 Å². The summed E-state index contributed by atoms with van der Waals surface area (Å²) < 4.78 is 0. The quantitative estimate of drug-likeness (QED) is 0.330. The average molecular weight is 408 g/mol. The second kappa shape index (κ2) is 8.64. The molecule has 1 heterocycles. The summed E-state index contributed by atoms with van der Waals surface area (Å²) in [7, 11) is 0. The summed E-state index contributed by atoms with van der Waals surface area (Å²) in [5.41, 5.74) is 11.9. The van der Waals surface area contributed by atoms with E-state index in [0.717, 1.165) is 54.0 Å². The highest BCUT2D eigenvalue weighted by Gasteiger charge is 2.40. The number of anilines is 1. The number of amidine groups is 1. The Morgan fingerprint density at radius 1 is 1.03 bits per heavy atom. The number of nitrogens with zero attached hydrogens (tertiary/aromatic N) is 6. The van der Waals surface area contributed by atoms with Gasteiger partial charge >= 0.3 is 0 Å². The van der Waals surface area contributed by atoms with Crippen LogP contribution in [0.3, 0.4) is 0 Å². The first-order valence-corrected chi connectivity index (χ1v) is 10.2. The number of rotatable bonds is 4. The Kier molecular flexibility index (Phi) is 5.79. The number of hydrogen-bond acceptors (Lipinski definition) is 5. The van der Waals surface area contributed by atoms with Gasteiger partial charge in [-0.15, -0.1) is 5.11 Å². The number of fused-ring (bicyclic) bond motifs is 1. The van der Waals surface area contributed by atoms with Gasteiger partial charge < -0.3 is 5.32 Å². The van der Waals surface area contributed by atoms with Gasteiger partial charge in [-0.2, -0.15) is 5.11 Å². The van der Waals surface area contributed by atoms with Gasteiger partial charge in [-0.3, -0.25) is 0 Å². The molecule has 1 fully saturated rings. The van der Waals surface area contributed by atoms with Crippen LogP contribution in [0.5, 0.6) is 0 Å². The predicted molar refractivity (Wildman–Crippen MR) is 116 cm³/mol. The molecule has 8 heteroatoms. The predicted octanol–water partition coefficient (Wildman–Crippen LogP) is 6.96. The van der Waals surface area contributed by atoms with Crippen molar-refractivity contribution in [3.8, 4) is 0 Å². The van der Waals surface area contributed by atoms with Gasteiger partial charge in [0.25, 0.3) is 0 Å². The molecule has 0 radical (unpaired) electrons. The van der Waals surface area contributed by atoms with Crippen LogP contribution in [0.25, 0.3) is 10.4 Å². The Labute approximate surface area is 174 Å². The zero-order valence-electron chi connectivity index (χ0n) is 16.1. The van der Waals surface area contributed by atoms with Crippen LogP contribution in [0, 0.1) is 0 Å². The molecule has 0 amide bonds. The lowest BCUT2D eigenvalue weighted by atomic mass is 9.79. The van der Waals surface area contributed by atoms with Crippen LogP contribution >= 0.6 is 11.6 Å². The van der Waals surface area contributed by atoms with E-state index in [9.17, 15) is 0 Å². The van der Waals surface area contributed by atoms with Crippen LogP contribution in [-0.4, -0.2) is 11.4 Å². The van der Waals surface area contributed by atoms with E-state index in [4.69, 9.17) is 22.1 Å².